The van der Waals surface area contributed by atoms with Crippen LogP contribution in [-0.4, -0.2) is 13.1 Å². The Labute approximate surface area is 193 Å². The van der Waals surface area contributed by atoms with Crippen molar-refractivity contribution >= 4 is 5.97 Å². The highest BCUT2D eigenvalue weighted by atomic mass is 19.1. The molecule has 3 aliphatic rings. The van der Waals surface area contributed by atoms with Crippen molar-refractivity contribution in [2.45, 2.75) is 90.4 Å². The second kappa shape index (κ2) is 11.0. The number of benzene rings is 1. The number of carbonyl (C=O) groups excluding carboxylic acids is 1. The molecule has 3 nitrogen and oxygen atoms in total. The van der Waals surface area contributed by atoms with Crippen LogP contribution in [0.3, 0.4) is 0 Å². The first-order chi connectivity index (χ1) is 15.6. The van der Waals surface area contributed by atoms with Crippen LogP contribution in [0.4, 0.5) is 4.39 Å². The fourth-order valence-electron chi connectivity index (χ4n) is 7.06. The van der Waals surface area contributed by atoms with E-state index in [-0.39, 0.29) is 23.4 Å². The van der Waals surface area contributed by atoms with Gasteiger partial charge in [0.15, 0.2) is 11.6 Å². The lowest BCUT2D eigenvalue weighted by molar-refractivity contribution is -0.144. The summed E-state index contributed by atoms with van der Waals surface area (Å²) >= 11 is 0. The van der Waals surface area contributed by atoms with Gasteiger partial charge in [-0.3, -0.25) is 4.79 Å². The molecule has 0 bridgehead atoms. The van der Waals surface area contributed by atoms with Gasteiger partial charge in [0.2, 0.25) is 0 Å². The molecule has 0 saturated heterocycles. The highest BCUT2D eigenvalue weighted by Gasteiger charge is 2.43. The second-order valence-electron chi connectivity index (χ2n) is 10.7. The molecule has 0 N–H and O–H groups in total. The zero-order valence-corrected chi connectivity index (χ0v) is 20.0. The number of methoxy groups -OCH3 is 1. The van der Waals surface area contributed by atoms with Crippen molar-refractivity contribution in [1.29, 1.82) is 0 Å². The lowest BCUT2D eigenvalue weighted by Crippen LogP contribution is -2.40. The zero-order chi connectivity index (χ0) is 22.5. The Bertz CT molecular complexity index is 755. The molecule has 0 amide bonds. The number of fused-ring (bicyclic) bond motifs is 1. The summed E-state index contributed by atoms with van der Waals surface area (Å²) in [5.41, 5.74) is 0. The molecule has 4 atom stereocenters. The number of hydrogen-bond donors (Lipinski definition) is 0. The highest BCUT2D eigenvalue weighted by molar-refractivity contribution is 5.75. The molecule has 1 aromatic rings. The van der Waals surface area contributed by atoms with Crippen molar-refractivity contribution in [3.8, 4) is 11.5 Å². The fourth-order valence-corrected chi connectivity index (χ4v) is 7.06. The van der Waals surface area contributed by atoms with Crippen LogP contribution in [-0.2, 0) is 4.79 Å². The van der Waals surface area contributed by atoms with Crippen molar-refractivity contribution in [1.82, 2.24) is 0 Å². The average Bonchev–Trinajstić information content (AvgIpc) is 2.82. The molecule has 3 fully saturated rings. The zero-order valence-electron chi connectivity index (χ0n) is 20.0. The van der Waals surface area contributed by atoms with Crippen LogP contribution < -0.4 is 9.47 Å². The van der Waals surface area contributed by atoms with Crippen LogP contribution in [0.25, 0.3) is 0 Å². The molecule has 3 saturated carbocycles. The van der Waals surface area contributed by atoms with E-state index in [1.165, 1.54) is 83.5 Å². The molecule has 0 aliphatic heterocycles. The molecular weight excluding hydrogens is 403 g/mol. The molecule has 178 valence electrons. The van der Waals surface area contributed by atoms with E-state index in [1.807, 2.05) is 0 Å². The van der Waals surface area contributed by atoms with Crippen molar-refractivity contribution < 1.29 is 18.7 Å². The first kappa shape index (κ1) is 23.6. The molecule has 0 aromatic heterocycles. The predicted molar refractivity (Wildman–Crippen MR) is 125 cm³/mol. The van der Waals surface area contributed by atoms with E-state index in [2.05, 4.69) is 6.92 Å². The summed E-state index contributed by atoms with van der Waals surface area (Å²) in [7, 11) is 1.43. The van der Waals surface area contributed by atoms with Gasteiger partial charge in [0.05, 0.1) is 13.0 Å². The highest BCUT2D eigenvalue weighted by Crippen LogP contribution is 2.50. The van der Waals surface area contributed by atoms with E-state index in [0.29, 0.717) is 11.8 Å². The smallest absolute Gasteiger partial charge is 0.314 e. The minimum atomic E-state index is -0.496. The summed E-state index contributed by atoms with van der Waals surface area (Å²) in [5, 5.41) is 0. The molecule has 32 heavy (non-hydrogen) atoms. The number of unbranched alkanes of at least 4 members (excludes halogenated alkanes) is 1. The third-order valence-electron chi connectivity index (χ3n) is 8.86. The summed E-state index contributed by atoms with van der Waals surface area (Å²) < 4.78 is 24.6. The Kier molecular flexibility index (Phi) is 8.12. The predicted octanol–water partition coefficient (Wildman–Crippen LogP) is 7.57. The Morgan fingerprint density at radius 1 is 1.00 bits per heavy atom. The van der Waals surface area contributed by atoms with Crippen LogP contribution in [0.2, 0.25) is 0 Å². The van der Waals surface area contributed by atoms with Crippen LogP contribution in [0.15, 0.2) is 18.2 Å². The molecule has 3 aliphatic carbocycles. The second-order valence-corrected chi connectivity index (χ2v) is 10.7. The Morgan fingerprint density at radius 2 is 1.78 bits per heavy atom. The summed E-state index contributed by atoms with van der Waals surface area (Å²) in [6.07, 6.45) is 16.9. The van der Waals surface area contributed by atoms with Gasteiger partial charge in [-0.25, -0.2) is 4.39 Å². The Hall–Kier alpha value is -1.58. The van der Waals surface area contributed by atoms with Gasteiger partial charge in [0.25, 0.3) is 0 Å². The van der Waals surface area contributed by atoms with Crippen LogP contribution in [0.5, 0.6) is 11.5 Å². The van der Waals surface area contributed by atoms with Crippen LogP contribution >= 0.6 is 0 Å². The molecule has 0 radical (unpaired) electrons. The van der Waals surface area contributed by atoms with Crippen molar-refractivity contribution in [2.24, 2.45) is 35.5 Å². The summed E-state index contributed by atoms with van der Waals surface area (Å²) in [6, 6.07) is 4.39. The monoisotopic (exact) mass is 444 g/mol. The van der Waals surface area contributed by atoms with Gasteiger partial charge in [0.1, 0.15) is 5.75 Å². The maximum absolute atomic E-state index is 14.0. The first-order valence-electron chi connectivity index (χ1n) is 13.1. The fraction of sp³-hybridized carbons (Fsp3) is 0.750. The number of hydrogen-bond acceptors (Lipinski definition) is 3. The molecule has 1 aromatic carbocycles. The molecule has 0 spiro atoms. The van der Waals surface area contributed by atoms with E-state index in [1.54, 1.807) is 6.07 Å². The van der Waals surface area contributed by atoms with Gasteiger partial charge in [-0.1, -0.05) is 51.9 Å². The summed E-state index contributed by atoms with van der Waals surface area (Å²) in [6.45, 7) is 2.30. The minimum absolute atomic E-state index is 0.0374. The molecule has 4 unspecified atom stereocenters. The Balaban J connectivity index is 1.31. The van der Waals surface area contributed by atoms with Gasteiger partial charge < -0.3 is 9.47 Å². The first-order valence-corrected chi connectivity index (χ1v) is 13.1. The van der Waals surface area contributed by atoms with Crippen LogP contribution in [0, 0.1) is 41.3 Å². The summed E-state index contributed by atoms with van der Waals surface area (Å²) in [5.74, 6) is 3.58. The van der Waals surface area contributed by atoms with Crippen LogP contribution in [0.1, 0.15) is 90.4 Å². The average molecular weight is 445 g/mol. The molecule has 0 heterocycles. The third-order valence-corrected chi connectivity index (χ3v) is 8.86. The number of esters is 1. The van der Waals surface area contributed by atoms with E-state index >= 15 is 0 Å². The number of rotatable bonds is 7. The van der Waals surface area contributed by atoms with Gasteiger partial charge in [0, 0.05) is 6.07 Å². The van der Waals surface area contributed by atoms with Gasteiger partial charge in [-0.2, -0.15) is 0 Å². The molecule has 4 rings (SSSR count). The van der Waals surface area contributed by atoms with Gasteiger partial charge in [-0.05, 0) is 80.2 Å². The molecule has 4 heteroatoms. The van der Waals surface area contributed by atoms with Gasteiger partial charge >= 0.3 is 5.97 Å². The summed E-state index contributed by atoms with van der Waals surface area (Å²) in [4.78, 5) is 13.0. The van der Waals surface area contributed by atoms with Crippen molar-refractivity contribution in [3.05, 3.63) is 24.0 Å². The third kappa shape index (κ3) is 5.48. The quantitative estimate of drug-likeness (QED) is 0.321. The minimum Gasteiger partial charge on any atom is -0.494 e. The number of halogens is 1. The van der Waals surface area contributed by atoms with E-state index < -0.39 is 5.82 Å². The largest absolute Gasteiger partial charge is 0.494 e. The van der Waals surface area contributed by atoms with Crippen molar-refractivity contribution in [3.63, 3.8) is 0 Å². The number of ether oxygens (including phenoxy) is 2. The van der Waals surface area contributed by atoms with E-state index in [0.717, 1.165) is 37.0 Å². The lowest BCUT2D eigenvalue weighted by atomic mass is 9.59. The standard InChI is InChI=1S/C28H41FO3/c1-3-4-6-19-9-11-20(12-10-19)21-13-15-24-22(17-21)7-5-8-25(24)28(30)32-23-14-16-27(31-2)26(29)18-23/h14,16,18-22,24-25H,3-13,15,17H2,1-2H3. The van der Waals surface area contributed by atoms with Gasteiger partial charge in [-0.15, -0.1) is 0 Å². The maximum atomic E-state index is 14.0. The normalized spacial score (nSPS) is 32.7. The van der Waals surface area contributed by atoms with Crippen molar-refractivity contribution in [2.75, 3.05) is 7.11 Å². The molecular formula is C28H41FO3. The van der Waals surface area contributed by atoms with E-state index in [4.69, 9.17) is 9.47 Å². The van der Waals surface area contributed by atoms with E-state index in [9.17, 15) is 9.18 Å². The SMILES string of the molecule is CCCCC1CCC(C2CCC3C(CCCC3C(=O)Oc3ccc(OC)c(F)c3)C2)CC1. The maximum Gasteiger partial charge on any atom is 0.314 e. The lowest BCUT2D eigenvalue weighted by Gasteiger charge is -2.46. The Morgan fingerprint density at radius 3 is 2.50 bits per heavy atom. The topological polar surface area (TPSA) is 35.5 Å². The number of carbonyl (C=O) groups is 1.